The minimum atomic E-state index is 0.0609. The van der Waals surface area contributed by atoms with Gasteiger partial charge in [0.05, 0.1) is 23.1 Å². The van der Waals surface area contributed by atoms with E-state index in [0.29, 0.717) is 11.5 Å². The number of carbonyl (C=O) groups excluding carboxylic acids is 1. The molecule has 1 aromatic carbocycles. The number of H-pyrrole nitrogens is 2. The Labute approximate surface area is 219 Å². The Morgan fingerprint density at radius 3 is 2.76 bits per heavy atom. The number of allylic oxidation sites excluding steroid dienone is 3. The third-order valence-electron chi connectivity index (χ3n) is 6.67. The maximum absolute atomic E-state index is 12.2. The highest BCUT2D eigenvalue weighted by Gasteiger charge is 2.29. The molecule has 1 fully saturated rings. The summed E-state index contributed by atoms with van der Waals surface area (Å²) in [5, 5.41) is 11.7. The van der Waals surface area contributed by atoms with Gasteiger partial charge in [0.1, 0.15) is 11.5 Å². The number of pyridine rings is 2. The van der Waals surface area contributed by atoms with Gasteiger partial charge in [-0.25, -0.2) is 0 Å². The maximum Gasteiger partial charge on any atom is 0.227 e. The van der Waals surface area contributed by atoms with Crippen LogP contribution >= 0.6 is 0 Å². The number of aromatic nitrogens is 5. The molecule has 8 nitrogen and oxygen atoms in total. The van der Waals surface area contributed by atoms with Crippen molar-refractivity contribution < 1.29 is 4.79 Å². The van der Waals surface area contributed by atoms with Crippen molar-refractivity contribution >= 4 is 33.9 Å². The number of benzene rings is 1. The van der Waals surface area contributed by atoms with Crippen LogP contribution in [0.25, 0.3) is 39.0 Å². The molecule has 4 heterocycles. The first-order chi connectivity index (χ1) is 18.6. The summed E-state index contributed by atoms with van der Waals surface area (Å²) in [4.78, 5) is 24.2. The van der Waals surface area contributed by atoms with Crippen LogP contribution in [0.2, 0.25) is 0 Å². The summed E-state index contributed by atoms with van der Waals surface area (Å²) < 4.78 is 0. The van der Waals surface area contributed by atoms with E-state index in [4.69, 9.17) is 5.73 Å². The molecule has 4 aromatic heterocycles. The molecular weight excluding hydrogens is 474 g/mol. The van der Waals surface area contributed by atoms with Crippen molar-refractivity contribution in [2.24, 2.45) is 5.92 Å². The lowest BCUT2D eigenvalue weighted by molar-refractivity contribution is -0.117. The summed E-state index contributed by atoms with van der Waals surface area (Å²) in [6, 6.07) is 14.0. The van der Waals surface area contributed by atoms with E-state index in [1.165, 1.54) is 0 Å². The Kier molecular flexibility index (Phi) is 6.05. The molecule has 0 unspecified atom stereocenters. The number of aromatic amines is 2. The molecule has 0 bridgehead atoms. The van der Waals surface area contributed by atoms with E-state index < -0.39 is 0 Å². The zero-order valence-electron chi connectivity index (χ0n) is 20.9. The zero-order valence-corrected chi connectivity index (χ0v) is 20.9. The van der Waals surface area contributed by atoms with Crippen molar-refractivity contribution in [3.8, 4) is 22.5 Å². The number of hydrogen-bond acceptors (Lipinski definition) is 5. The fourth-order valence-electron chi connectivity index (χ4n) is 4.53. The van der Waals surface area contributed by atoms with Gasteiger partial charge in [-0.05, 0) is 61.2 Å². The van der Waals surface area contributed by atoms with Crippen LogP contribution in [-0.2, 0) is 4.79 Å². The van der Waals surface area contributed by atoms with Gasteiger partial charge in [0, 0.05) is 46.6 Å². The maximum atomic E-state index is 12.2. The molecule has 188 valence electrons. The molecule has 0 aliphatic heterocycles. The largest absolute Gasteiger partial charge is 0.385 e. The van der Waals surface area contributed by atoms with Crippen molar-refractivity contribution in [3.63, 3.8) is 0 Å². The molecule has 0 saturated heterocycles. The summed E-state index contributed by atoms with van der Waals surface area (Å²) in [6.45, 7) is 1.98. The number of nitrogen functional groups attached to an aromatic ring is 1. The van der Waals surface area contributed by atoms with E-state index in [9.17, 15) is 4.79 Å². The van der Waals surface area contributed by atoms with Crippen LogP contribution in [0.3, 0.4) is 0 Å². The number of nitrogens with one attached hydrogen (secondary N) is 3. The predicted octanol–water partition coefficient (Wildman–Crippen LogP) is 5.95. The third-order valence-corrected chi connectivity index (χ3v) is 6.67. The zero-order chi connectivity index (χ0) is 26.1. The molecular formula is C30H27N7O. The SMILES string of the molecule is C/C=C\C=C(\c1cccnc1)c1cc(-c2n[nH]c3ccc(-c4cncc(NC(=O)C5CC5)c4)cc23)[nH]c1N. The highest BCUT2D eigenvalue weighted by molar-refractivity contribution is 5.98. The lowest BCUT2D eigenvalue weighted by Crippen LogP contribution is -2.13. The second kappa shape index (κ2) is 9.82. The van der Waals surface area contributed by atoms with Gasteiger partial charge < -0.3 is 16.0 Å². The van der Waals surface area contributed by atoms with Crippen molar-refractivity contribution in [3.05, 3.63) is 96.6 Å². The third kappa shape index (κ3) is 4.59. The molecule has 0 spiro atoms. The average Bonchev–Trinajstić information content (AvgIpc) is 3.62. The van der Waals surface area contributed by atoms with Crippen molar-refractivity contribution in [1.29, 1.82) is 0 Å². The second-order valence-electron chi connectivity index (χ2n) is 9.42. The van der Waals surface area contributed by atoms with Crippen LogP contribution in [0.1, 0.15) is 30.9 Å². The number of fused-ring (bicyclic) bond motifs is 1. The molecule has 1 aliphatic rings. The minimum absolute atomic E-state index is 0.0609. The van der Waals surface area contributed by atoms with Crippen molar-refractivity contribution in [2.75, 3.05) is 11.1 Å². The van der Waals surface area contributed by atoms with Crippen LogP contribution in [0.5, 0.6) is 0 Å². The quantitative estimate of drug-likeness (QED) is 0.205. The van der Waals surface area contributed by atoms with Gasteiger partial charge in [0.15, 0.2) is 0 Å². The Morgan fingerprint density at radius 1 is 1.08 bits per heavy atom. The summed E-state index contributed by atoms with van der Waals surface area (Å²) in [6.07, 6.45) is 15.0. The number of carbonyl (C=O) groups is 1. The van der Waals surface area contributed by atoms with E-state index in [1.807, 2.05) is 67.7 Å². The Morgan fingerprint density at radius 2 is 1.97 bits per heavy atom. The first kappa shape index (κ1) is 23.4. The van der Waals surface area contributed by atoms with E-state index in [-0.39, 0.29) is 11.8 Å². The number of anilines is 2. The van der Waals surface area contributed by atoms with Crippen LogP contribution in [-0.4, -0.2) is 31.1 Å². The van der Waals surface area contributed by atoms with Crippen LogP contribution in [0.15, 0.2) is 85.5 Å². The molecule has 5 aromatic rings. The standard InChI is InChI=1S/C30H27N7O/c1-2-3-6-23(20-5-4-11-32-15-20)24-14-27(35-29(24)31)28-25-13-19(9-10-26(25)36-37-28)21-12-22(17-33-16-21)34-30(38)18-7-8-18/h2-6,9-18,35H,7-8,31H2,1H3,(H,34,38)(H,36,37)/b3-2-,23-6-. The highest BCUT2D eigenvalue weighted by atomic mass is 16.2. The Hall–Kier alpha value is -4.98. The van der Waals surface area contributed by atoms with Crippen molar-refractivity contribution in [1.82, 2.24) is 25.1 Å². The Balaban J connectivity index is 1.37. The molecule has 1 aliphatic carbocycles. The fourth-order valence-corrected chi connectivity index (χ4v) is 4.53. The van der Waals surface area contributed by atoms with Gasteiger partial charge >= 0.3 is 0 Å². The average molecular weight is 502 g/mol. The number of nitrogens with zero attached hydrogens (tertiary/aromatic N) is 3. The normalized spacial score (nSPS) is 13.9. The number of hydrogen-bond donors (Lipinski definition) is 4. The Bertz CT molecular complexity index is 1690. The lowest BCUT2D eigenvalue weighted by Gasteiger charge is -2.07. The molecule has 0 atom stereocenters. The summed E-state index contributed by atoms with van der Waals surface area (Å²) in [5.41, 5.74) is 14.4. The van der Waals surface area contributed by atoms with Gasteiger partial charge in [-0.1, -0.05) is 30.4 Å². The first-order valence-electron chi connectivity index (χ1n) is 12.6. The monoisotopic (exact) mass is 501 g/mol. The predicted molar refractivity (Wildman–Crippen MR) is 151 cm³/mol. The van der Waals surface area contributed by atoms with Gasteiger partial charge in [-0.3, -0.25) is 19.9 Å². The molecule has 0 radical (unpaired) electrons. The van der Waals surface area contributed by atoms with Gasteiger partial charge in [-0.2, -0.15) is 5.10 Å². The molecule has 6 rings (SSSR count). The smallest absolute Gasteiger partial charge is 0.227 e. The number of nitrogens with two attached hydrogens (primary N) is 1. The number of rotatable bonds is 7. The second-order valence-corrected chi connectivity index (χ2v) is 9.42. The lowest BCUT2D eigenvalue weighted by atomic mass is 9.99. The molecule has 38 heavy (non-hydrogen) atoms. The van der Waals surface area contributed by atoms with E-state index >= 15 is 0 Å². The van der Waals surface area contributed by atoms with E-state index in [1.54, 1.807) is 18.6 Å². The number of amides is 1. The minimum Gasteiger partial charge on any atom is -0.385 e. The van der Waals surface area contributed by atoms with Gasteiger partial charge in [0.2, 0.25) is 5.91 Å². The van der Waals surface area contributed by atoms with Crippen LogP contribution in [0, 0.1) is 5.92 Å². The van der Waals surface area contributed by atoms with Gasteiger partial charge in [0.25, 0.3) is 0 Å². The van der Waals surface area contributed by atoms with Crippen LogP contribution in [0.4, 0.5) is 11.5 Å². The molecule has 5 N–H and O–H groups in total. The van der Waals surface area contributed by atoms with Gasteiger partial charge in [-0.15, -0.1) is 0 Å². The van der Waals surface area contributed by atoms with Crippen LogP contribution < -0.4 is 11.1 Å². The topological polar surface area (TPSA) is 125 Å². The molecule has 1 amide bonds. The molecule has 8 heteroatoms. The van der Waals surface area contributed by atoms with Crippen molar-refractivity contribution in [2.45, 2.75) is 19.8 Å². The fraction of sp³-hybridized carbons (Fsp3) is 0.133. The molecule has 1 saturated carbocycles. The highest BCUT2D eigenvalue weighted by Crippen LogP contribution is 2.36. The summed E-state index contributed by atoms with van der Waals surface area (Å²) >= 11 is 0. The van der Waals surface area contributed by atoms with E-state index in [2.05, 4.69) is 36.5 Å². The first-order valence-corrected chi connectivity index (χ1v) is 12.6. The summed E-state index contributed by atoms with van der Waals surface area (Å²) in [5.74, 6) is 0.745. The van der Waals surface area contributed by atoms with E-state index in [0.717, 1.165) is 63.0 Å². The summed E-state index contributed by atoms with van der Waals surface area (Å²) in [7, 11) is 0.